The van der Waals surface area contributed by atoms with Gasteiger partial charge in [0.15, 0.2) is 0 Å². The zero-order chi connectivity index (χ0) is 31.7. The maximum Gasteiger partial charge on any atom is 0.251 e. The number of hydrogen-bond acceptors (Lipinski definition) is 9. The van der Waals surface area contributed by atoms with Crippen LogP contribution < -0.4 is 32.7 Å². The Kier molecular flexibility index (Phi) is 14.7. The number of nitrogens with one attached hydrogen (secondary N) is 4. The molecule has 8 N–H and O–H groups in total. The molecule has 1 aliphatic rings. The van der Waals surface area contributed by atoms with Gasteiger partial charge in [-0.05, 0) is 67.8 Å². The molecule has 1 heterocycles. The molecule has 12 nitrogen and oxygen atoms in total. The van der Waals surface area contributed by atoms with Gasteiger partial charge in [0.25, 0.3) is 11.8 Å². The van der Waals surface area contributed by atoms with Crippen molar-refractivity contribution in [1.82, 2.24) is 26.2 Å². The highest BCUT2D eigenvalue weighted by atomic mass is 33.1. The van der Waals surface area contributed by atoms with Crippen molar-refractivity contribution in [3.63, 3.8) is 0 Å². The molecule has 44 heavy (non-hydrogen) atoms. The van der Waals surface area contributed by atoms with Crippen molar-refractivity contribution in [3.8, 4) is 0 Å². The number of rotatable bonds is 17. The smallest absolute Gasteiger partial charge is 0.251 e. The van der Waals surface area contributed by atoms with Crippen LogP contribution in [0.3, 0.4) is 0 Å². The molecule has 1 unspecified atom stereocenters. The van der Waals surface area contributed by atoms with Gasteiger partial charge in [-0.3, -0.25) is 24.0 Å². The molecule has 1 fully saturated rings. The van der Waals surface area contributed by atoms with E-state index in [1.807, 2.05) is 21.6 Å². The van der Waals surface area contributed by atoms with E-state index in [9.17, 15) is 24.0 Å². The Hall–Kier alpha value is -3.91. The molecule has 14 heteroatoms. The summed E-state index contributed by atoms with van der Waals surface area (Å²) in [6, 6.07) is 12.9. The number of nitrogen functional groups attached to an aromatic ring is 2. The monoisotopic (exact) mass is 643 g/mol. The van der Waals surface area contributed by atoms with E-state index >= 15 is 0 Å². The number of carbonyl (C=O) groups excluding carboxylic acids is 5. The first kappa shape index (κ1) is 34.6. The van der Waals surface area contributed by atoms with Gasteiger partial charge in [-0.25, -0.2) is 0 Å². The lowest BCUT2D eigenvalue weighted by atomic mass is 10.1. The van der Waals surface area contributed by atoms with Crippen LogP contribution in [0, 0.1) is 0 Å². The van der Waals surface area contributed by atoms with E-state index < -0.39 is 11.8 Å². The van der Waals surface area contributed by atoms with Gasteiger partial charge in [-0.2, -0.15) is 0 Å². The Bertz CT molecular complexity index is 1190. The molecular formula is C30H41N7O5S2. The molecule has 238 valence electrons. The first-order valence-corrected chi connectivity index (χ1v) is 17.0. The summed E-state index contributed by atoms with van der Waals surface area (Å²) in [7, 11) is 3.82. The van der Waals surface area contributed by atoms with Gasteiger partial charge in [-0.15, -0.1) is 0 Å². The van der Waals surface area contributed by atoms with Gasteiger partial charge < -0.3 is 37.6 Å². The average molecular weight is 644 g/mol. The lowest BCUT2D eigenvalue weighted by Crippen LogP contribution is -2.47. The molecule has 3 rings (SSSR count). The topological polar surface area (TPSA) is 189 Å². The van der Waals surface area contributed by atoms with Crippen molar-refractivity contribution in [2.24, 2.45) is 0 Å². The molecule has 0 aliphatic carbocycles. The minimum absolute atomic E-state index is 0.141. The van der Waals surface area contributed by atoms with Crippen LogP contribution >= 0.6 is 21.6 Å². The van der Waals surface area contributed by atoms with E-state index in [0.717, 1.165) is 19.3 Å². The van der Waals surface area contributed by atoms with E-state index in [-0.39, 0.29) is 57.0 Å². The van der Waals surface area contributed by atoms with Crippen molar-refractivity contribution >= 4 is 62.5 Å². The number of amides is 5. The third-order valence-corrected chi connectivity index (χ3v) is 9.83. The third kappa shape index (κ3) is 12.8. The summed E-state index contributed by atoms with van der Waals surface area (Å²) in [5.41, 5.74) is 13.3. The molecule has 0 radical (unpaired) electrons. The predicted octanol–water partition coefficient (Wildman–Crippen LogP) is 1.79. The van der Waals surface area contributed by atoms with Crippen LogP contribution in [0.2, 0.25) is 0 Å². The number of hydrogen-bond donors (Lipinski definition) is 6. The van der Waals surface area contributed by atoms with Crippen LogP contribution in [0.15, 0.2) is 48.5 Å². The largest absolute Gasteiger partial charge is 0.399 e. The normalized spacial score (nSPS) is 14.0. The SMILES string of the molecule is Nc1ccc(C(=O)NCCN(CCNC(=O)c2ccc(N)cc2)C(=O)CNC(=O)CNC(=O)CCCCC2CCSS2)cc1. The van der Waals surface area contributed by atoms with Crippen molar-refractivity contribution in [1.29, 1.82) is 0 Å². The van der Waals surface area contributed by atoms with E-state index in [0.29, 0.717) is 34.2 Å². The van der Waals surface area contributed by atoms with Gasteiger partial charge in [0.05, 0.1) is 13.1 Å². The molecule has 1 aliphatic heterocycles. The van der Waals surface area contributed by atoms with Gasteiger partial charge in [0, 0.05) is 66.1 Å². The fourth-order valence-electron chi connectivity index (χ4n) is 4.28. The van der Waals surface area contributed by atoms with Crippen molar-refractivity contribution < 1.29 is 24.0 Å². The molecule has 0 aromatic heterocycles. The maximum absolute atomic E-state index is 13.0. The Morgan fingerprint density at radius 3 is 1.80 bits per heavy atom. The van der Waals surface area contributed by atoms with Gasteiger partial charge in [-0.1, -0.05) is 28.0 Å². The number of nitrogens with zero attached hydrogens (tertiary/aromatic N) is 1. The number of carbonyl (C=O) groups is 5. The summed E-state index contributed by atoms with van der Waals surface area (Å²) in [5.74, 6) is -0.553. The molecule has 5 amide bonds. The maximum atomic E-state index is 13.0. The highest BCUT2D eigenvalue weighted by molar-refractivity contribution is 8.77. The van der Waals surface area contributed by atoms with Gasteiger partial charge in [0.2, 0.25) is 17.7 Å². The Labute approximate surface area is 265 Å². The third-order valence-electron chi connectivity index (χ3n) is 6.82. The lowest BCUT2D eigenvalue weighted by Gasteiger charge is -2.23. The minimum atomic E-state index is -0.487. The zero-order valence-corrected chi connectivity index (χ0v) is 26.3. The Morgan fingerprint density at radius 1 is 0.727 bits per heavy atom. The lowest BCUT2D eigenvalue weighted by molar-refractivity contribution is -0.132. The highest BCUT2D eigenvalue weighted by Gasteiger charge is 2.18. The van der Waals surface area contributed by atoms with Crippen LogP contribution in [0.5, 0.6) is 0 Å². The van der Waals surface area contributed by atoms with E-state index in [4.69, 9.17) is 11.5 Å². The summed E-state index contributed by atoms with van der Waals surface area (Å²) in [6.07, 6.45) is 4.42. The van der Waals surface area contributed by atoms with Gasteiger partial charge in [0.1, 0.15) is 0 Å². The van der Waals surface area contributed by atoms with Crippen molar-refractivity contribution in [2.75, 3.05) is 56.5 Å². The fourth-order valence-corrected chi connectivity index (χ4v) is 7.31. The van der Waals surface area contributed by atoms with E-state index in [2.05, 4.69) is 21.3 Å². The second-order valence-electron chi connectivity index (χ2n) is 10.3. The standard InChI is InChI=1S/C30H41N7O5S2/c31-23-9-5-21(6-10-23)29(41)33-14-16-37(17-15-34-30(42)22-7-11-24(32)12-8-22)28(40)20-36-27(39)19-35-26(38)4-2-1-3-25-13-18-43-44-25/h5-12,25H,1-4,13-20,31-32H2,(H,33,41)(H,34,42)(H,35,38)(H,36,39). The van der Waals surface area contributed by atoms with Crippen LogP contribution in [-0.2, 0) is 14.4 Å². The highest BCUT2D eigenvalue weighted by Crippen LogP contribution is 2.39. The molecule has 2 aromatic rings. The number of anilines is 2. The van der Waals surface area contributed by atoms with E-state index in [1.165, 1.54) is 17.1 Å². The molecule has 1 saturated heterocycles. The number of nitrogens with two attached hydrogens (primary N) is 2. The second-order valence-corrected chi connectivity index (χ2v) is 13.1. The fraction of sp³-hybridized carbons (Fsp3) is 0.433. The second kappa shape index (κ2) is 18.7. The van der Waals surface area contributed by atoms with Crippen molar-refractivity contribution in [2.45, 2.75) is 37.4 Å². The zero-order valence-electron chi connectivity index (χ0n) is 24.6. The first-order valence-electron chi connectivity index (χ1n) is 14.6. The minimum Gasteiger partial charge on any atom is -0.399 e. The van der Waals surface area contributed by atoms with Crippen LogP contribution in [0.1, 0.15) is 52.8 Å². The summed E-state index contributed by atoms with van der Waals surface area (Å²) in [6.45, 7) is 0.0380. The Morgan fingerprint density at radius 2 is 1.27 bits per heavy atom. The molecule has 2 aromatic carbocycles. The van der Waals surface area contributed by atoms with Crippen molar-refractivity contribution in [3.05, 3.63) is 59.7 Å². The van der Waals surface area contributed by atoms with E-state index in [1.54, 1.807) is 48.5 Å². The van der Waals surface area contributed by atoms with Crippen LogP contribution in [0.4, 0.5) is 11.4 Å². The molecule has 0 saturated carbocycles. The van der Waals surface area contributed by atoms with Gasteiger partial charge >= 0.3 is 0 Å². The summed E-state index contributed by atoms with van der Waals surface area (Å²) in [4.78, 5) is 63.8. The first-order chi connectivity index (χ1) is 21.2. The average Bonchev–Trinajstić information content (AvgIpc) is 3.54. The Balaban J connectivity index is 1.42. The molecule has 0 spiro atoms. The molecular weight excluding hydrogens is 603 g/mol. The molecule has 0 bridgehead atoms. The molecule has 1 atom stereocenters. The number of benzene rings is 2. The van der Waals surface area contributed by atoms with Crippen LogP contribution in [-0.4, -0.2) is 84.7 Å². The predicted molar refractivity (Wildman–Crippen MR) is 176 cm³/mol. The van der Waals surface area contributed by atoms with Crippen LogP contribution in [0.25, 0.3) is 0 Å². The number of unbranched alkanes of at least 4 members (excludes halogenated alkanes) is 1. The summed E-state index contributed by atoms with van der Waals surface area (Å²) >= 11 is 0. The summed E-state index contributed by atoms with van der Waals surface area (Å²) in [5, 5.41) is 11.3. The summed E-state index contributed by atoms with van der Waals surface area (Å²) < 4.78 is 0. The quantitative estimate of drug-likeness (QED) is 0.0848.